The van der Waals surface area contributed by atoms with Crippen molar-refractivity contribution >= 4 is 11.7 Å². The number of benzene rings is 1. The predicted molar refractivity (Wildman–Crippen MR) is 126 cm³/mol. The largest absolute Gasteiger partial charge is 0.365 e. The minimum Gasteiger partial charge on any atom is -0.365 e. The third kappa shape index (κ3) is 6.70. The molecule has 192 valence electrons. The molecule has 0 radical (unpaired) electrons. The molecule has 0 bridgehead atoms. The lowest BCUT2D eigenvalue weighted by molar-refractivity contribution is -0.121. The van der Waals surface area contributed by atoms with Gasteiger partial charge >= 0.3 is 0 Å². The van der Waals surface area contributed by atoms with Crippen molar-refractivity contribution < 1.29 is 27.4 Å². The van der Waals surface area contributed by atoms with Crippen LogP contribution in [0.1, 0.15) is 75.0 Å². The minimum absolute atomic E-state index is 0.00190. The van der Waals surface area contributed by atoms with Crippen molar-refractivity contribution in [3.63, 3.8) is 0 Å². The normalized spacial score (nSPS) is 16.9. The van der Waals surface area contributed by atoms with Gasteiger partial charge < -0.3 is 20.1 Å². The van der Waals surface area contributed by atoms with Crippen molar-refractivity contribution in [1.29, 1.82) is 0 Å². The van der Waals surface area contributed by atoms with Gasteiger partial charge in [0.05, 0.1) is 36.5 Å². The maximum absolute atomic E-state index is 14.7. The Labute approximate surface area is 203 Å². The van der Waals surface area contributed by atoms with Gasteiger partial charge in [0.25, 0.3) is 5.92 Å². The van der Waals surface area contributed by atoms with Crippen LogP contribution in [-0.4, -0.2) is 34.6 Å². The number of hydrogen-bond donors (Lipinski definition) is 2. The molecule has 2 aromatic rings. The van der Waals surface area contributed by atoms with E-state index in [0.29, 0.717) is 43.0 Å². The fourth-order valence-electron chi connectivity index (χ4n) is 3.76. The number of ether oxygens (including phenoxy) is 2. The Morgan fingerprint density at radius 3 is 2.46 bits per heavy atom. The monoisotopic (exact) mass is 494 g/mol. The molecular formula is C25H33F3N4O3. The maximum Gasteiger partial charge on any atom is 0.273 e. The molecule has 0 atom stereocenters. The number of halogens is 3. The summed E-state index contributed by atoms with van der Waals surface area (Å²) in [5, 5.41) is 6.01. The van der Waals surface area contributed by atoms with Crippen molar-refractivity contribution in [1.82, 2.24) is 15.3 Å². The smallest absolute Gasteiger partial charge is 0.273 e. The second-order valence-corrected chi connectivity index (χ2v) is 8.86. The Kier molecular flexibility index (Phi) is 8.38. The Hall–Kier alpha value is -2.72. The van der Waals surface area contributed by atoms with E-state index in [0.717, 1.165) is 18.9 Å². The molecule has 1 aromatic carbocycles. The van der Waals surface area contributed by atoms with Gasteiger partial charge in [0, 0.05) is 24.6 Å². The molecule has 1 aromatic heterocycles. The molecule has 7 nitrogen and oxygen atoms in total. The Balaban J connectivity index is 0.00000167. The van der Waals surface area contributed by atoms with Crippen LogP contribution in [0.4, 0.5) is 19.0 Å². The fraction of sp³-hybridized carbons (Fsp3) is 0.560. The van der Waals surface area contributed by atoms with Crippen molar-refractivity contribution in [3.8, 4) is 0 Å². The first-order valence-corrected chi connectivity index (χ1v) is 11.9. The van der Waals surface area contributed by atoms with E-state index in [1.165, 1.54) is 12.1 Å². The maximum atomic E-state index is 14.7. The summed E-state index contributed by atoms with van der Waals surface area (Å²) in [6.45, 7) is 8.94. The van der Waals surface area contributed by atoms with E-state index in [-0.39, 0.29) is 30.0 Å². The first kappa shape index (κ1) is 26.9. The summed E-state index contributed by atoms with van der Waals surface area (Å²) < 4.78 is 53.5. The molecule has 1 saturated carbocycles. The van der Waals surface area contributed by atoms with Gasteiger partial charge in [-0.2, -0.15) is 0 Å². The van der Waals surface area contributed by atoms with E-state index >= 15 is 0 Å². The lowest BCUT2D eigenvalue weighted by Crippen LogP contribution is -2.36. The summed E-state index contributed by atoms with van der Waals surface area (Å²) in [5.41, 5.74) is 0.101. The second kappa shape index (κ2) is 10.9. The van der Waals surface area contributed by atoms with Crippen molar-refractivity contribution in [3.05, 3.63) is 52.2 Å². The van der Waals surface area contributed by atoms with E-state index in [4.69, 9.17) is 9.47 Å². The number of carbonyl (C=O) groups is 1. The topological polar surface area (TPSA) is 85.4 Å². The second-order valence-electron chi connectivity index (χ2n) is 8.86. The van der Waals surface area contributed by atoms with Crippen LogP contribution < -0.4 is 10.6 Å². The van der Waals surface area contributed by atoms with Crippen molar-refractivity contribution in [2.75, 3.05) is 18.5 Å². The van der Waals surface area contributed by atoms with Gasteiger partial charge in [-0.25, -0.2) is 23.1 Å². The standard InChI is InChI=1S/C23H27F3N4O3.C2H6/c1-13-28-16(11-17(31)30-22(2)7-8-22)18(21-32-9-10-33-21)20(29-13)27-12-14-5-4-6-15(19(14)24)23(3,25)26;1-2/h4-6,21H,7-12H2,1-3H3,(H,30,31)(H,27,28,29);1-2H3. The first-order valence-electron chi connectivity index (χ1n) is 11.9. The Morgan fingerprint density at radius 1 is 1.20 bits per heavy atom. The number of amides is 1. The van der Waals surface area contributed by atoms with Gasteiger partial charge in [0.15, 0.2) is 6.29 Å². The van der Waals surface area contributed by atoms with Crippen molar-refractivity contribution in [2.45, 2.75) is 78.2 Å². The van der Waals surface area contributed by atoms with Crippen molar-refractivity contribution in [2.24, 2.45) is 0 Å². The number of nitrogens with one attached hydrogen (secondary N) is 2. The number of alkyl halides is 2. The molecule has 2 aliphatic rings. The molecule has 10 heteroatoms. The predicted octanol–water partition coefficient (Wildman–Crippen LogP) is 4.93. The summed E-state index contributed by atoms with van der Waals surface area (Å²) in [7, 11) is 0. The molecule has 1 saturated heterocycles. The highest BCUT2D eigenvalue weighted by Gasteiger charge is 2.39. The Morgan fingerprint density at radius 2 is 1.86 bits per heavy atom. The fourth-order valence-corrected chi connectivity index (χ4v) is 3.76. The van der Waals surface area contributed by atoms with E-state index in [9.17, 15) is 18.0 Å². The highest BCUT2D eigenvalue weighted by molar-refractivity contribution is 5.80. The molecular weight excluding hydrogens is 461 g/mol. The van der Waals surface area contributed by atoms with Crippen LogP contribution in [0.2, 0.25) is 0 Å². The van der Waals surface area contributed by atoms with Crippen LogP contribution >= 0.6 is 0 Å². The lowest BCUT2D eigenvalue weighted by atomic mass is 10.0. The van der Waals surface area contributed by atoms with Gasteiger partial charge in [-0.05, 0) is 26.7 Å². The number of hydrogen-bond acceptors (Lipinski definition) is 6. The Bertz CT molecular complexity index is 1050. The molecule has 4 rings (SSSR count). The summed E-state index contributed by atoms with van der Waals surface area (Å²) in [5.74, 6) is -3.75. The van der Waals surface area contributed by atoms with Gasteiger partial charge in [0.2, 0.25) is 5.91 Å². The quantitative estimate of drug-likeness (QED) is 0.541. The van der Waals surface area contributed by atoms with Gasteiger partial charge in [0.1, 0.15) is 17.5 Å². The number of rotatable bonds is 8. The summed E-state index contributed by atoms with van der Waals surface area (Å²) in [4.78, 5) is 21.5. The number of aryl methyl sites for hydroxylation is 1. The van der Waals surface area contributed by atoms with Crippen LogP contribution in [0.15, 0.2) is 18.2 Å². The molecule has 1 amide bonds. The summed E-state index contributed by atoms with van der Waals surface area (Å²) >= 11 is 0. The molecule has 2 N–H and O–H groups in total. The molecule has 1 aliphatic carbocycles. The molecule has 0 unspecified atom stereocenters. The summed E-state index contributed by atoms with van der Waals surface area (Å²) in [6.07, 6.45) is 1.07. The van der Waals surface area contributed by atoms with Gasteiger partial charge in [-0.3, -0.25) is 4.79 Å². The zero-order valence-corrected chi connectivity index (χ0v) is 20.8. The third-order valence-corrected chi connectivity index (χ3v) is 5.76. The van der Waals surface area contributed by atoms with E-state index in [1.54, 1.807) is 6.92 Å². The average molecular weight is 495 g/mol. The lowest BCUT2D eigenvalue weighted by Gasteiger charge is -2.20. The SMILES string of the molecule is CC.Cc1nc(CC(=O)NC2(C)CC2)c(C2OCCO2)c(NCc2cccc(C(C)(F)F)c2F)n1. The number of anilines is 1. The summed E-state index contributed by atoms with van der Waals surface area (Å²) in [6, 6.07) is 3.88. The molecule has 35 heavy (non-hydrogen) atoms. The zero-order chi connectivity index (χ0) is 25.8. The highest BCUT2D eigenvalue weighted by atomic mass is 19.3. The van der Waals surface area contributed by atoms with Crippen LogP contribution in [0, 0.1) is 12.7 Å². The van der Waals surface area contributed by atoms with E-state index < -0.39 is 23.6 Å². The molecule has 1 aliphatic heterocycles. The van der Waals surface area contributed by atoms with Gasteiger partial charge in [-0.15, -0.1) is 0 Å². The van der Waals surface area contributed by atoms with Crippen LogP contribution in [-0.2, 0) is 33.2 Å². The van der Waals surface area contributed by atoms with Crippen LogP contribution in [0.25, 0.3) is 0 Å². The minimum atomic E-state index is -3.30. The third-order valence-electron chi connectivity index (χ3n) is 5.76. The molecule has 2 heterocycles. The number of nitrogens with zero attached hydrogens (tertiary/aromatic N) is 2. The van der Waals surface area contributed by atoms with Crippen LogP contribution in [0.3, 0.4) is 0 Å². The van der Waals surface area contributed by atoms with Crippen LogP contribution in [0.5, 0.6) is 0 Å². The first-order chi connectivity index (χ1) is 16.6. The molecule has 2 fully saturated rings. The van der Waals surface area contributed by atoms with Gasteiger partial charge in [-0.1, -0.05) is 32.0 Å². The zero-order valence-electron chi connectivity index (χ0n) is 20.8. The average Bonchev–Trinajstić information content (AvgIpc) is 3.27. The van der Waals surface area contributed by atoms with E-state index in [1.807, 2.05) is 20.8 Å². The number of aromatic nitrogens is 2. The number of carbonyl (C=O) groups excluding carboxylic acids is 1. The highest BCUT2D eigenvalue weighted by Crippen LogP contribution is 2.35. The molecule has 0 spiro atoms. The van der Waals surface area contributed by atoms with E-state index in [2.05, 4.69) is 20.6 Å².